The first-order chi connectivity index (χ1) is 11.6. The Hall–Kier alpha value is -0.710. The van der Waals surface area contributed by atoms with Crippen molar-refractivity contribution in [1.29, 1.82) is 0 Å². The molecule has 0 aromatic heterocycles. The minimum atomic E-state index is 0.214. The Labute approximate surface area is 150 Å². The number of carbonyl (C=O) groups excluding carboxylic acids is 2. The van der Waals surface area contributed by atoms with E-state index in [2.05, 4.69) is 11.8 Å². The molecule has 3 rings (SSSR count). The molecule has 136 valence electrons. The van der Waals surface area contributed by atoms with Gasteiger partial charge in [0.1, 0.15) is 0 Å². The third-order valence-corrected chi connectivity index (χ3v) is 6.92. The highest BCUT2D eigenvalue weighted by Crippen LogP contribution is 2.36. The third-order valence-electron chi connectivity index (χ3n) is 6.03. The summed E-state index contributed by atoms with van der Waals surface area (Å²) in [6, 6.07) is 0.478. The van der Waals surface area contributed by atoms with E-state index in [1.165, 1.54) is 50.3 Å². The minimum Gasteiger partial charge on any atom is -0.342 e. The number of rotatable bonds is 3. The van der Waals surface area contributed by atoms with E-state index in [1.54, 1.807) is 0 Å². The van der Waals surface area contributed by atoms with Gasteiger partial charge in [0.05, 0.1) is 0 Å². The fourth-order valence-corrected chi connectivity index (χ4v) is 5.58. The molecule has 2 aliphatic heterocycles. The number of amides is 2. The molecule has 3 aliphatic rings. The first-order valence-corrected chi connectivity index (χ1v) is 10.8. The van der Waals surface area contributed by atoms with Gasteiger partial charge in [0.15, 0.2) is 0 Å². The van der Waals surface area contributed by atoms with Gasteiger partial charge in [-0.3, -0.25) is 9.59 Å². The molecule has 3 atom stereocenters. The van der Waals surface area contributed by atoms with E-state index < -0.39 is 0 Å². The Kier molecular flexibility index (Phi) is 6.48. The second kappa shape index (κ2) is 8.59. The molecule has 0 aromatic carbocycles. The summed E-state index contributed by atoms with van der Waals surface area (Å²) in [7, 11) is 0. The van der Waals surface area contributed by atoms with Crippen LogP contribution in [0.3, 0.4) is 0 Å². The molecule has 1 saturated carbocycles. The Morgan fingerprint density at radius 3 is 2.58 bits per heavy atom. The summed E-state index contributed by atoms with van der Waals surface area (Å²) in [4.78, 5) is 29.1. The summed E-state index contributed by atoms with van der Waals surface area (Å²) >= 11 is 1.37. The van der Waals surface area contributed by atoms with E-state index in [1.807, 2.05) is 4.90 Å². The van der Waals surface area contributed by atoms with Gasteiger partial charge in [-0.15, -0.1) is 0 Å². The summed E-state index contributed by atoms with van der Waals surface area (Å²) in [5.74, 6) is 2.22. The van der Waals surface area contributed by atoms with Crippen LogP contribution in [-0.4, -0.2) is 52.4 Å². The monoisotopic (exact) mass is 352 g/mol. The van der Waals surface area contributed by atoms with Gasteiger partial charge in [-0.05, 0) is 50.4 Å². The average Bonchev–Trinajstić information content (AvgIpc) is 2.61. The van der Waals surface area contributed by atoms with Gasteiger partial charge in [-0.25, -0.2) is 0 Å². The van der Waals surface area contributed by atoms with E-state index in [0.717, 1.165) is 38.4 Å². The molecule has 3 unspecified atom stereocenters. The number of carbonyl (C=O) groups is 2. The van der Waals surface area contributed by atoms with Gasteiger partial charge < -0.3 is 9.80 Å². The number of hydrogen-bond acceptors (Lipinski definition) is 3. The zero-order chi connectivity index (χ0) is 16.9. The van der Waals surface area contributed by atoms with Crippen molar-refractivity contribution in [3.8, 4) is 0 Å². The van der Waals surface area contributed by atoms with Crippen molar-refractivity contribution in [3.05, 3.63) is 0 Å². The van der Waals surface area contributed by atoms with Crippen LogP contribution in [0.5, 0.6) is 0 Å². The van der Waals surface area contributed by atoms with Crippen molar-refractivity contribution in [2.75, 3.05) is 25.4 Å². The normalized spacial score (nSPS) is 30.8. The standard InChI is InChI=1S/C19H32N2O2S/c1-15-6-4-11-20(14-15)18(22)10-13-24-19(23)21-12-5-8-16-7-2-3-9-17(16)21/h15-17H,2-14H2,1H3. The van der Waals surface area contributed by atoms with Crippen LogP contribution in [0.25, 0.3) is 0 Å². The maximum Gasteiger partial charge on any atom is 0.281 e. The molecule has 2 heterocycles. The zero-order valence-corrected chi connectivity index (χ0v) is 15.9. The topological polar surface area (TPSA) is 40.6 Å². The molecule has 0 radical (unpaired) electrons. The first kappa shape index (κ1) is 18.1. The summed E-state index contributed by atoms with van der Waals surface area (Å²) < 4.78 is 0. The van der Waals surface area contributed by atoms with Gasteiger partial charge in [0.25, 0.3) is 5.24 Å². The Bertz CT molecular complexity index is 455. The molecule has 4 nitrogen and oxygen atoms in total. The first-order valence-electron chi connectivity index (χ1n) is 9.86. The molecule has 5 heteroatoms. The van der Waals surface area contributed by atoms with E-state index in [9.17, 15) is 9.59 Å². The second-order valence-electron chi connectivity index (χ2n) is 7.90. The second-order valence-corrected chi connectivity index (χ2v) is 8.95. The Morgan fingerprint density at radius 2 is 1.75 bits per heavy atom. The van der Waals surface area contributed by atoms with E-state index in [0.29, 0.717) is 24.1 Å². The summed E-state index contributed by atoms with van der Waals surface area (Å²) in [6.45, 7) is 4.93. The molecule has 0 N–H and O–H groups in total. The molecule has 2 saturated heterocycles. The van der Waals surface area contributed by atoms with Crippen LogP contribution < -0.4 is 0 Å². The van der Waals surface area contributed by atoms with Crippen LogP contribution >= 0.6 is 11.8 Å². The van der Waals surface area contributed by atoms with Gasteiger partial charge in [-0.2, -0.15) is 0 Å². The lowest BCUT2D eigenvalue weighted by Gasteiger charge is -2.43. The molecular weight excluding hydrogens is 320 g/mol. The van der Waals surface area contributed by atoms with Crippen molar-refractivity contribution >= 4 is 22.9 Å². The number of hydrogen-bond donors (Lipinski definition) is 0. The Balaban J connectivity index is 1.42. The highest BCUT2D eigenvalue weighted by molar-refractivity contribution is 8.13. The third kappa shape index (κ3) is 4.47. The van der Waals surface area contributed by atoms with Crippen molar-refractivity contribution in [2.24, 2.45) is 11.8 Å². The van der Waals surface area contributed by atoms with E-state index >= 15 is 0 Å². The van der Waals surface area contributed by atoms with Gasteiger partial charge in [-0.1, -0.05) is 31.5 Å². The molecule has 0 spiro atoms. The van der Waals surface area contributed by atoms with Crippen LogP contribution in [0.2, 0.25) is 0 Å². The molecule has 3 fully saturated rings. The summed E-state index contributed by atoms with van der Waals surface area (Å²) in [5, 5.41) is 0.214. The van der Waals surface area contributed by atoms with Crippen LogP contribution in [0.15, 0.2) is 0 Å². The van der Waals surface area contributed by atoms with Crippen molar-refractivity contribution < 1.29 is 9.59 Å². The van der Waals surface area contributed by atoms with Crippen LogP contribution in [0.1, 0.15) is 64.7 Å². The molecule has 0 aromatic rings. The molecular formula is C19H32N2O2S. The fourth-order valence-electron chi connectivity index (χ4n) is 4.73. The van der Waals surface area contributed by atoms with Crippen molar-refractivity contribution in [2.45, 2.75) is 70.8 Å². The predicted octanol–water partition coefficient (Wildman–Crippen LogP) is 4.14. The van der Waals surface area contributed by atoms with E-state index in [-0.39, 0.29) is 11.1 Å². The maximum atomic E-state index is 12.6. The van der Waals surface area contributed by atoms with Crippen LogP contribution in [-0.2, 0) is 4.79 Å². The SMILES string of the molecule is CC1CCCN(C(=O)CCSC(=O)N2CCCC3CCCCC32)C1. The number of nitrogens with zero attached hydrogens (tertiary/aromatic N) is 2. The quantitative estimate of drug-likeness (QED) is 0.766. The lowest BCUT2D eigenvalue weighted by molar-refractivity contribution is -0.132. The van der Waals surface area contributed by atoms with Crippen molar-refractivity contribution in [3.63, 3.8) is 0 Å². The molecule has 1 aliphatic carbocycles. The van der Waals surface area contributed by atoms with Gasteiger partial charge in [0.2, 0.25) is 5.91 Å². The van der Waals surface area contributed by atoms with Gasteiger partial charge >= 0.3 is 0 Å². The zero-order valence-electron chi connectivity index (χ0n) is 15.0. The van der Waals surface area contributed by atoms with Crippen molar-refractivity contribution in [1.82, 2.24) is 9.80 Å². The number of likely N-dealkylation sites (tertiary alicyclic amines) is 2. The molecule has 0 bridgehead atoms. The number of piperidine rings is 2. The fraction of sp³-hybridized carbons (Fsp3) is 0.895. The maximum absolute atomic E-state index is 12.6. The predicted molar refractivity (Wildman–Crippen MR) is 99.1 cm³/mol. The van der Waals surface area contributed by atoms with Gasteiger partial charge in [0, 0.05) is 37.8 Å². The Morgan fingerprint density at radius 1 is 1.00 bits per heavy atom. The lowest BCUT2D eigenvalue weighted by atomic mass is 9.78. The summed E-state index contributed by atoms with van der Waals surface area (Å²) in [5.41, 5.74) is 0. The smallest absolute Gasteiger partial charge is 0.281 e. The van der Waals surface area contributed by atoms with E-state index in [4.69, 9.17) is 0 Å². The van der Waals surface area contributed by atoms with Crippen LogP contribution in [0, 0.1) is 11.8 Å². The highest BCUT2D eigenvalue weighted by Gasteiger charge is 2.35. The highest BCUT2D eigenvalue weighted by atomic mass is 32.2. The largest absolute Gasteiger partial charge is 0.342 e. The molecule has 2 amide bonds. The lowest BCUT2D eigenvalue weighted by Crippen LogP contribution is -2.48. The average molecular weight is 353 g/mol. The number of fused-ring (bicyclic) bond motifs is 1. The van der Waals surface area contributed by atoms with Crippen LogP contribution in [0.4, 0.5) is 4.79 Å². The summed E-state index contributed by atoms with van der Waals surface area (Å²) in [6.07, 6.45) is 10.4. The number of thioether (sulfide) groups is 1. The minimum absolute atomic E-state index is 0.214. The molecule has 24 heavy (non-hydrogen) atoms.